The van der Waals surface area contributed by atoms with Gasteiger partial charge >= 0.3 is 5.97 Å². The third-order valence-electron chi connectivity index (χ3n) is 2.75. The van der Waals surface area contributed by atoms with E-state index in [-0.39, 0.29) is 5.56 Å². The summed E-state index contributed by atoms with van der Waals surface area (Å²) in [5.74, 6) is -0.631. The average molecular weight is 290 g/mol. The molecule has 2 aromatic heterocycles. The zero-order valence-corrected chi connectivity index (χ0v) is 11.3. The zero-order chi connectivity index (χ0) is 15.2. The Labute approximate surface area is 120 Å². The third kappa shape index (κ3) is 3.42. The second-order valence-corrected chi connectivity index (χ2v) is 4.11. The lowest BCUT2D eigenvalue weighted by Crippen LogP contribution is -2.44. The van der Waals surface area contributed by atoms with Crippen LogP contribution in [-0.4, -0.2) is 51.3 Å². The number of nitrogens with zero attached hydrogens (tertiary/aromatic N) is 3. The Hall–Kier alpha value is -2.74. The Morgan fingerprint density at radius 2 is 2.29 bits per heavy atom. The van der Waals surface area contributed by atoms with Gasteiger partial charge in [0.25, 0.3) is 5.91 Å². The van der Waals surface area contributed by atoms with E-state index in [0.717, 1.165) is 0 Å². The van der Waals surface area contributed by atoms with Gasteiger partial charge in [-0.1, -0.05) is 0 Å². The normalized spacial score (nSPS) is 11.7. The quantitative estimate of drug-likeness (QED) is 0.721. The first-order valence-electron chi connectivity index (χ1n) is 6.09. The number of nitrogens with one attached hydrogen (secondary N) is 1. The molecule has 110 valence electrons. The Bertz CT molecular complexity index is 610. The first-order valence-corrected chi connectivity index (χ1v) is 6.09. The summed E-state index contributed by atoms with van der Waals surface area (Å²) in [5, 5.41) is 11.4. The Morgan fingerprint density at radius 1 is 1.48 bits per heavy atom. The number of amides is 1. The number of hydrogen-bond donors (Lipinski definition) is 2. The van der Waals surface area contributed by atoms with Crippen molar-refractivity contribution in [1.29, 1.82) is 0 Å². The number of carbonyl (C=O) groups is 2. The van der Waals surface area contributed by atoms with Crippen LogP contribution < -0.4 is 5.32 Å². The lowest BCUT2D eigenvalue weighted by Gasteiger charge is -2.13. The average Bonchev–Trinajstić information content (AvgIpc) is 3.06. The van der Waals surface area contributed by atoms with E-state index in [1.807, 2.05) is 0 Å². The molecule has 0 spiro atoms. The van der Waals surface area contributed by atoms with Crippen molar-refractivity contribution in [1.82, 2.24) is 19.9 Å². The highest BCUT2D eigenvalue weighted by Crippen LogP contribution is 2.05. The monoisotopic (exact) mass is 290 g/mol. The van der Waals surface area contributed by atoms with Gasteiger partial charge in [-0.3, -0.25) is 9.36 Å². The fraction of sp³-hybridized carbons (Fsp3) is 0.231. The summed E-state index contributed by atoms with van der Waals surface area (Å²) in [6.07, 6.45) is 6.29. The van der Waals surface area contributed by atoms with Gasteiger partial charge in [-0.25, -0.2) is 14.8 Å². The van der Waals surface area contributed by atoms with E-state index in [2.05, 4.69) is 20.0 Å². The minimum Gasteiger partial charge on any atom is -0.467 e. The van der Waals surface area contributed by atoms with Crippen molar-refractivity contribution in [2.24, 2.45) is 0 Å². The summed E-state index contributed by atoms with van der Waals surface area (Å²) in [5.41, 5.74) is 0.265. The maximum absolute atomic E-state index is 11.9. The molecule has 2 rings (SSSR count). The Balaban J connectivity index is 2.08. The highest BCUT2D eigenvalue weighted by Gasteiger charge is 2.21. The van der Waals surface area contributed by atoms with E-state index in [0.29, 0.717) is 5.82 Å². The first kappa shape index (κ1) is 14.7. The highest BCUT2D eigenvalue weighted by atomic mass is 16.5. The van der Waals surface area contributed by atoms with Crippen LogP contribution in [0.15, 0.2) is 37.1 Å². The van der Waals surface area contributed by atoms with E-state index in [1.165, 1.54) is 13.3 Å². The van der Waals surface area contributed by atoms with E-state index in [1.54, 1.807) is 35.4 Å². The molecule has 0 bridgehead atoms. The number of aliphatic hydroxyl groups excluding tert-OH is 1. The number of hydrogen-bond acceptors (Lipinski definition) is 6. The summed E-state index contributed by atoms with van der Waals surface area (Å²) in [6.45, 7) is -0.543. The van der Waals surface area contributed by atoms with Gasteiger partial charge in [-0.15, -0.1) is 0 Å². The number of esters is 1. The maximum Gasteiger partial charge on any atom is 0.330 e. The highest BCUT2D eigenvalue weighted by molar-refractivity contribution is 5.96. The molecule has 0 aliphatic heterocycles. The van der Waals surface area contributed by atoms with Crippen molar-refractivity contribution < 1.29 is 19.4 Å². The number of aliphatic hydroxyl groups is 1. The Kier molecular flexibility index (Phi) is 4.62. The van der Waals surface area contributed by atoms with Crippen LogP contribution in [0.1, 0.15) is 10.4 Å². The second kappa shape index (κ2) is 6.62. The van der Waals surface area contributed by atoms with Gasteiger partial charge in [0.15, 0.2) is 6.04 Å². The summed E-state index contributed by atoms with van der Waals surface area (Å²) >= 11 is 0. The van der Waals surface area contributed by atoms with Gasteiger partial charge < -0.3 is 15.2 Å². The first-order chi connectivity index (χ1) is 10.2. The molecular formula is C13H14N4O4. The molecule has 0 aromatic carbocycles. The number of methoxy groups -OCH3 is 1. The van der Waals surface area contributed by atoms with Gasteiger partial charge in [0, 0.05) is 18.6 Å². The van der Waals surface area contributed by atoms with Crippen molar-refractivity contribution in [2.75, 3.05) is 13.7 Å². The van der Waals surface area contributed by atoms with Crippen LogP contribution in [0.2, 0.25) is 0 Å². The molecule has 0 fully saturated rings. The molecular weight excluding hydrogens is 276 g/mol. The number of aromatic nitrogens is 3. The van der Waals surface area contributed by atoms with Crippen LogP contribution in [0.25, 0.3) is 5.82 Å². The van der Waals surface area contributed by atoms with Crippen LogP contribution in [0, 0.1) is 0 Å². The van der Waals surface area contributed by atoms with Crippen molar-refractivity contribution in [2.45, 2.75) is 6.04 Å². The van der Waals surface area contributed by atoms with Crippen molar-refractivity contribution in [3.63, 3.8) is 0 Å². The van der Waals surface area contributed by atoms with Gasteiger partial charge in [-0.05, 0) is 12.1 Å². The lowest BCUT2D eigenvalue weighted by molar-refractivity contribution is -0.143. The fourth-order valence-electron chi connectivity index (χ4n) is 1.63. The molecule has 0 saturated heterocycles. The molecule has 2 heterocycles. The predicted octanol–water partition coefficient (Wildman–Crippen LogP) is -0.469. The molecule has 2 aromatic rings. The molecule has 2 N–H and O–H groups in total. The SMILES string of the molecule is COC(=O)C(CO)NC(=O)c1ccc(-n2ccnc2)nc1. The molecule has 0 aliphatic carbocycles. The van der Waals surface area contributed by atoms with Crippen LogP contribution >= 0.6 is 0 Å². The van der Waals surface area contributed by atoms with Gasteiger partial charge in [0.2, 0.25) is 0 Å². The number of carbonyl (C=O) groups excluding carboxylic acids is 2. The smallest absolute Gasteiger partial charge is 0.330 e. The standard InChI is InChI=1S/C13H14N4O4/c1-21-13(20)10(7-18)16-12(19)9-2-3-11(15-6-9)17-5-4-14-8-17/h2-6,8,10,18H,7H2,1H3,(H,16,19). The molecule has 8 nitrogen and oxygen atoms in total. The number of pyridine rings is 1. The minimum atomic E-state index is -1.10. The summed E-state index contributed by atoms with van der Waals surface area (Å²) in [7, 11) is 1.18. The molecule has 1 atom stereocenters. The van der Waals surface area contributed by atoms with E-state index >= 15 is 0 Å². The summed E-state index contributed by atoms with van der Waals surface area (Å²) in [6, 6.07) is 2.10. The van der Waals surface area contributed by atoms with Gasteiger partial charge in [-0.2, -0.15) is 0 Å². The largest absolute Gasteiger partial charge is 0.467 e. The molecule has 1 amide bonds. The summed E-state index contributed by atoms with van der Waals surface area (Å²) in [4.78, 5) is 31.3. The van der Waals surface area contributed by atoms with Crippen LogP contribution in [0.4, 0.5) is 0 Å². The van der Waals surface area contributed by atoms with Crippen molar-refractivity contribution in [3.8, 4) is 5.82 Å². The molecule has 8 heteroatoms. The van der Waals surface area contributed by atoms with E-state index in [9.17, 15) is 9.59 Å². The zero-order valence-electron chi connectivity index (χ0n) is 11.3. The van der Waals surface area contributed by atoms with Gasteiger partial charge in [0.1, 0.15) is 12.1 Å². The maximum atomic E-state index is 11.9. The van der Waals surface area contributed by atoms with E-state index < -0.39 is 24.5 Å². The fourth-order valence-corrected chi connectivity index (χ4v) is 1.63. The third-order valence-corrected chi connectivity index (χ3v) is 2.75. The molecule has 0 aliphatic rings. The van der Waals surface area contributed by atoms with Crippen molar-refractivity contribution >= 4 is 11.9 Å². The lowest BCUT2D eigenvalue weighted by atomic mass is 10.2. The summed E-state index contributed by atoms with van der Waals surface area (Å²) < 4.78 is 6.16. The topological polar surface area (TPSA) is 106 Å². The minimum absolute atomic E-state index is 0.265. The van der Waals surface area contributed by atoms with Crippen LogP contribution in [0.3, 0.4) is 0 Å². The number of rotatable bonds is 5. The number of ether oxygens (including phenoxy) is 1. The number of imidazole rings is 1. The van der Waals surface area contributed by atoms with E-state index in [4.69, 9.17) is 5.11 Å². The van der Waals surface area contributed by atoms with Crippen LogP contribution in [0.5, 0.6) is 0 Å². The Morgan fingerprint density at radius 3 is 2.81 bits per heavy atom. The van der Waals surface area contributed by atoms with Gasteiger partial charge in [0.05, 0.1) is 19.3 Å². The molecule has 1 unspecified atom stereocenters. The second-order valence-electron chi connectivity index (χ2n) is 4.11. The van der Waals surface area contributed by atoms with Crippen molar-refractivity contribution in [3.05, 3.63) is 42.6 Å². The molecule has 0 saturated carbocycles. The molecule has 21 heavy (non-hydrogen) atoms. The molecule has 0 radical (unpaired) electrons. The van der Waals surface area contributed by atoms with Crippen LogP contribution in [-0.2, 0) is 9.53 Å². The predicted molar refractivity (Wildman–Crippen MR) is 71.7 cm³/mol.